The molecule has 6 aliphatic rings. The number of benzene rings is 2. The Labute approximate surface area is 279 Å². The zero-order valence-corrected chi connectivity index (χ0v) is 28.8. The van der Waals surface area contributed by atoms with E-state index in [9.17, 15) is 15.0 Å². The van der Waals surface area contributed by atoms with Crippen LogP contribution in [-0.2, 0) is 20.9 Å². The van der Waals surface area contributed by atoms with Gasteiger partial charge in [-0.3, -0.25) is 9.59 Å². The zero-order valence-electron chi connectivity index (χ0n) is 28.8. The number of nitrogens with zero attached hydrogens (tertiary/aromatic N) is 1. The number of hydrogen-bond acceptors (Lipinski definition) is 5. The molecule has 2 aromatic carbocycles. The Morgan fingerprint density at radius 1 is 0.894 bits per heavy atom. The van der Waals surface area contributed by atoms with Crippen LogP contribution >= 0.6 is 0 Å². The summed E-state index contributed by atoms with van der Waals surface area (Å²) in [7, 11) is 0. The molecule has 5 fully saturated rings. The molecule has 2 bridgehead atoms. The minimum Gasteiger partial charge on any atom is -0.448 e. The first-order valence-corrected chi connectivity index (χ1v) is 18.0. The Balaban J connectivity index is 1.17. The van der Waals surface area contributed by atoms with Gasteiger partial charge in [0, 0.05) is 17.4 Å². The number of allylic oxidation sites excluding steroid dienone is 3. The number of hydrogen-bond donors (Lipinski definition) is 2. The van der Waals surface area contributed by atoms with E-state index in [1.807, 2.05) is 43.9 Å². The van der Waals surface area contributed by atoms with Crippen molar-refractivity contribution in [2.24, 2.45) is 33.5 Å². The third kappa shape index (κ3) is 3.98. The highest BCUT2D eigenvalue weighted by molar-refractivity contribution is 5.96. The van der Waals surface area contributed by atoms with Crippen LogP contribution < -0.4 is 0 Å². The highest BCUT2D eigenvalue weighted by atomic mass is 16.6. The Morgan fingerprint density at radius 3 is 2.38 bits per heavy atom. The van der Waals surface area contributed by atoms with E-state index in [4.69, 9.17) is 4.74 Å². The number of carbonyl (C=O) groups excluding carboxylic acids is 2. The second-order valence-electron chi connectivity index (χ2n) is 17.3. The molecule has 5 aliphatic carbocycles. The second kappa shape index (κ2) is 10.0. The molecule has 0 spiro atoms. The van der Waals surface area contributed by atoms with Gasteiger partial charge in [-0.05, 0) is 98.3 Å². The van der Waals surface area contributed by atoms with Crippen molar-refractivity contribution in [3.8, 4) is 0 Å². The first-order chi connectivity index (χ1) is 22.2. The van der Waals surface area contributed by atoms with Gasteiger partial charge >= 0.3 is 5.97 Å². The molecule has 1 heterocycles. The van der Waals surface area contributed by atoms with Crippen molar-refractivity contribution >= 4 is 22.6 Å². The van der Waals surface area contributed by atoms with Gasteiger partial charge in [-0.2, -0.15) is 0 Å². The molecule has 1 saturated heterocycles. The van der Waals surface area contributed by atoms with E-state index >= 15 is 4.79 Å². The largest absolute Gasteiger partial charge is 0.448 e. The van der Waals surface area contributed by atoms with Gasteiger partial charge in [0.25, 0.3) is 5.91 Å². The molecule has 2 N–H and O–H groups in total. The number of ether oxygens (including phenoxy) is 1. The van der Waals surface area contributed by atoms with Crippen LogP contribution in [0, 0.1) is 33.5 Å². The second-order valence-corrected chi connectivity index (χ2v) is 17.3. The minimum atomic E-state index is -1.25. The van der Waals surface area contributed by atoms with Gasteiger partial charge in [0.15, 0.2) is 5.60 Å². The van der Waals surface area contributed by atoms with E-state index in [1.165, 1.54) is 11.1 Å². The lowest BCUT2D eigenvalue weighted by Crippen LogP contribution is -2.60. The average molecular weight is 638 g/mol. The van der Waals surface area contributed by atoms with Gasteiger partial charge in [0.1, 0.15) is 0 Å². The van der Waals surface area contributed by atoms with Crippen LogP contribution in [0.2, 0.25) is 0 Å². The predicted octanol–water partition coefficient (Wildman–Crippen LogP) is 7.27. The number of fused-ring (bicyclic) bond motifs is 8. The summed E-state index contributed by atoms with van der Waals surface area (Å²) in [6, 6.07) is 14.5. The normalized spacial score (nSPS) is 41.4. The van der Waals surface area contributed by atoms with Gasteiger partial charge in [-0.15, -0.1) is 0 Å². The summed E-state index contributed by atoms with van der Waals surface area (Å²) in [5.74, 6) is 0.211. The Hall–Kier alpha value is -2.96. The van der Waals surface area contributed by atoms with Crippen molar-refractivity contribution < 1.29 is 24.5 Å². The lowest BCUT2D eigenvalue weighted by molar-refractivity contribution is -0.178. The van der Waals surface area contributed by atoms with Crippen LogP contribution in [0.4, 0.5) is 0 Å². The standard InChI is InChI=1S/C41H51NO5/c1-36(2)39(5)21-22-41(36,47-35(39)45)34(44)42(24-27-11-8-10-26-9-6-7-12-30(26)27)25-40(46)20-17-33-31-14-13-28-23-29(43)15-18-37(28,3)32(31)16-19-38(33,40)4/h6-14,29,32-33,43,46H,15-25H2,1-5H3/t29-,32-,33-,37-,38-,39-,40+,41+/m0/s1. The van der Waals surface area contributed by atoms with E-state index in [1.54, 1.807) is 0 Å². The smallest absolute Gasteiger partial charge is 0.313 e. The third-order valence-electron chi connectivity index (χ3n) is 15.3. The van der Waals surface area contributed by atoms with Gasteiger partial charge < -0.3 is 19.8 Å². The first kappa shape index (κ1) is 31.3. The number of amides is 1. The van der Waals surface area contributed by atoms with Gasteiger partial charge in [-0.1, -0.05) is 93.5 Å². The van der Waals surface area contributed by atoms with Crippen LogP contribution in [-0.4, -0.2) is 50.8 Å². The maximum absolute atomic E-state index is 15.1. The molecule has 0 aromatic heterocycles. The molecule has 0 unspecified atom stereocenters. The van der Waals surface area contributed by atoms with Crippen molar-refractivity contribution in [3.05, 3.63) is 71.3 Å². The van der Waals surface area contributed by atoms with E-state index in [-0.39, 0.29) is 35.9 Å². The number of carbonyl (C=O) groups is 2. The number of aliphatic hydroxyl groups excluding tert-OH is 1. The zero-order chi connectivity index (χ0) is 33.2. The molecule has 6 nitrogen and oxygen atoms in total. The van der Waals surface area contributed by atoms with Crippen LogP contribution in [0.25, 0.3) is 10.8 Å². The SMILES string of the molecule is CC1(C)[C@@]2(C)CC[C@]1(C(=O)N(Cc1cccc3ccccc13)C[C@]1(O)CC[C@H]3C4=CC=C5C[C@@H](O)CC[C@]5(C)[C@H]4CC[C@@]31C)OC2=O. The molecule has 8 atom stereocenters. The Bertz CT molecular complexity index is 1740. The van der Waals surface area contributed by atoms with Gasteiger partial charge in [0.05, 0.1) is 23.7 Å². The fraction of sp³-hybridized carbons (Fsp3) is 0.610. The molecule has 0 radical (unpaired) electrons. The van der Waals surface area contributed by atoms with Crippen LogP contribution in [0.5, 0.6) is 0 Å². The van der Waals surface area contributed by atoms with E-state index in [2.05, 4.69) is 50.3 Å². The van der Waals surface area contributed by atoms with Gasteiger partial charge in [0.2, 0.25) is 0 Å². The molecule has 47 heavy (non-hydrogen) atoms. The summed E-state index contributed by atoms with van der Waals surface area (Å²) in [5.41, 5.74) is -0.188. The Morgan fingerprint density at radius 2 is 1.64 bits per heavy atom. The summed E-state index contributed by atoms with van der Waals surface area (Å²) < 4.78 is 6.16. The fourth-order valence-electron chi connectivity index (χ4n) is 11.5. The predicted molar refractivity (Wildman–Crippen MR) is 182 cm³/mol. The van der Waals surface area contributed by atoms with Crippen molar-refractivity contribution in [2.75, 3.05) is 6.54 Å². The van der Waals surface area contributed by atoms with Gasteiger partial charge in [-0.25, -0.2) is 0 Å². The third-order valence-corrected chi connectivity index (χ3v) is 15.3. The molecule has 250 valence electrons. The van der Waals surface area contributed by atoms with E-state index < -0.39 is 27.4 Å². The molecule has 8 rings (SSSR count). The van der Waals surface area contributed by atoms with E-state index in [0.29, 0.717) is 31.7 Å². The Kier molecular flexibility index (Phi) is 6.69. The van der Waals surface area contributed by atoms with Crippen LogP contribution in [0.15, 0.2) is 65.8 Å². The maximum atomic E-state index is 15.1. The van der Waals surface area contributed by atoms with Crippen molar-refractivity contribution in [3.63, 3.8) is 0 Å². The quantitative estimate of drug-likeness (QED) is 0.337. The summed E-state index contributed by atoms with van der Waals surface area (Å²) in [6.07, 6.45) is 11.5. The minimum absolute atomic E-state index is 0.0634. The van der Waals surface area contributed by atoms with E-state index in [0.717, 1.165) is 54.9 Å². The number of esters is 1. The summed E-state index contributed by atoms with van der Waals surface area (Å²) in [4.78, 5) is 30.3. The first-order valence-electron chi connectivity index (χ1n) is 18.0. The lowest BCUT2D eigenvalue weighted by Gasteiger charge is -2.56. The maximum Gasteiger partial charge on any atom is 0.313 e. The average Bonchev–Trinajstić information content (AvgIpc) is 3.49. The molecule has 2 aromatic rings. The molecule has 1 amide bonds. The summed E-state index contributed by atoms with van der Waals surface area (Å²) in [6.45, 7) is 11.2. The highest BCUT2D eigenvalue weighted by Gasteiger charge is 2.76. The van der Waals surface area contributed by atoms with Crippen LogP contribution in [0.1, 0.15) is 98.0 Å². The summed E-state index contributed by atoms with van der Waals surface area (Å²) in [5, 5.41) is 25.6. The lowest BCUT2D eigenvalue weighted by atomic mass is 9.50. The molecule has 1 aliphatic heterocycles. The molecule has 4 saturated carbocycles. The van der Waals surface area contributed by atoms with Crippen molar-refractivity contribution in [2.45, 2.75) is 116 Å². The molecule has 6 heteroatoms. The fourth-order valence-corrected chi connectivity index (χ4v) is 11.5. The van der Waals surface area contributed by atoms with Crippen LogP contribution in [0.3, 0.4) is 0 Å². The molecular weight excluding hydrogens is 586 g/mol. The molecular formula is C41H51NO5. The highest BCUT2D eigenvalue weighted by Crippen LogP contribution is 2.68. The van der Waals surface area contributed by atoms with Crippen molar-refractivity contribution in [1.82, 2.24) is 4.90 Å². The van der Waals surface area contributed by atoms with Crippen molar-refractivity contribution in [1.29, 1.82) is 0 Å². The number of rotatable bonds is 5. The number of aliphatic hydroxyl groups is 2. The topological polar surface area (TPSA) is 87.1 Å². The monoisotopic (exact) mass is 637 g/mol. The summed E-state index contributed by atoms with van der Waals surface area (Å²) >= 11 is 0.